The summed E-state index contributed by atoms with van der Waals surface area (Å²) in [6.07, 6.45) is 3.81. The smallest absolute Gasteiger partial charge is 0.234 e. The molecule has 0 aliphatic carbocycles. The number of hydrogen-bond donors (Lipinski definition) is 1. The fraction of sp³-hybridized carbons (Fsp3) is 0.350. The average molecular weight is 368 g/mol. The number of pyridine rings is 1. The van der Waals surface area contributed by atoms with Crippen molar-refractivity contribution >= 4 is 17.5 Å². The van der Waals surface area contributed by atoms with Crippen molar-refractivity contribution in [1.29, 1.82) is 0 Å². The maximum atomic E-state index is 12.3. The van der Waals surface area contributed by atoms with Gasteiger partial charge >= 0.3 is 0 Å². The zero-order valence-corrected chi connectivity index (χ0v) is 15.6. The molecule has 7 heteroatoms. The third-order valence-electron chi connectivity index (χ3n) is 4.44. The van der Waals surface area contributed by atoms with Gasteiger partial charge in [-0.05, 0) is 30.8 Å². The molecule has 0 spiro atoms. The fourth-order valence-electron chi connectivity index (χ4n) is 3.21. The highest BCUT2D eigenvalue weighted by Gasteiger charge is 2.31. The number of aromatic nitrogens is 1. The minimum absolute atomic E-state index is 0.00253. The van der Waals surface area contributed by atoms with Gasteiger partial charge in [-0.1, -0.05) is 12.1 Å². The Morgan fingerprint density at radius 3 is 2.96 bits per heavy atom. The van der Waals surface area contributed by atoms with Crippen LogP contribution in [0.2, 0.25) is 0 Å². The summed E-state index contributed by atoms with van der Waals surface area (Å²) in [7, 11) is 3.48. The van der Waals surface area contributed by atoms with Crippen LogP contribution in [-0.4, -0.2) is 55.0 Å². The summed E-state index contributed by atoms with van der Waals surface area (Å²) in [4.78, 5) is 32.4. The lowest BCUT2D eigenvalue weighted by atomic mass is 10.2. The fourth-order valence-corrected chi connectivity index (χ4v) is 3.21. The van der Waals surface area contributed by atoms with Gasteiger partial charge in [-0.2, -0.15) is 0 Å². The van der Waals surface area contributed by atoms with E-state index in [1.807, 2.05) is 48.3 Å². The van der Waals surface area contributed by atoms with Gasteiger partial charge in [-0.15, -0.1) is 0 Å². The van der Waals surface area contributed by atoms with Gasteiger partial charge in [-0.25, -0.2) is 0 Å². The Morgan fingerprint density at radius 2 is 2.22 bits per heavy atom. The molecule has 0 bridgehead atoms. The van der Waals surface area contributed by atoms with Gasteiger partial charge in [0.1, 0.15) is 5.75 Å². The molecule has 1 aliphatic heterocycles. The van der Waals surface area contributed by atoms with E-state index in [2.05, 4.69) is 10.3 Å². The Hall–Kier alpha value is -2.93. The van der Waals surface area contributed by atoms with Crippen molar-refractivity contribution in [3.63, 3.8) is 0 Å². The topological polar surface area (TPSA) is 74.8 Å². The second kappa shape index (κ2) is 8.64. The second-order valence-corrected chi connectivity index (χ2v) is 6.71. The van der Waals surface area contributed by atoms with E-state index in [-0.39, 0.29) is 24.4 Å². The van der Waals surface area contributed by atoms with Crippen LogP contribution >= 0.6 is 0 Å². The highest BCUT2D eigenvalue weighted by molar-refractivity contribution is 5.97. The van der Waals surface area contributed by atoms with Crippen LogP contribution in [0.15, 0.2) is 48.8 Å². The van der Waals surface area contributed by atoms with Gasteiger partial charge in [0.2, 0.25) is 11.8 Å². The lowest BCUT2D eigenvalue weighted by molar-refractivity contribution is -0.122. The highest BCUT2D eigenvalue weighted by atomic mass is 16.5. The van der Waals surface area contributed by atoms with Crippen molar-refractivity contribution in [3.05, 3.63) is 54.4 Å². The molecule has 0 unspecified atom stereocenters. The summed E-state index contributed by atoms with van der Waals surface area (Å²) < 4.78 is 5.22. The Bertz CT molecular complexity index is 797. The van der Waals surface area contributed by atoms with Crippen LogP contribution in [0.1, 0.15) is 12.0 Å². The molecule has 1 N–H and O–H groups in total. The number of ether oxygens (including phenoxy) is 1. The third kappa shape index (κ3) is 5.04. The van der Waals surface area contributed by atoms with E-state index in [0.717, 1.165) is 11.3 Å². The van der Waals surface area contributed by atoms with Crippen LogP contribution in [0.25, 0.3) is 0 Å². The SMILES string of the molecule is COc1cccc(N2C[C@H](NC(=O)CN(C)Cc3cccnc3)CC2=O)c1. The maximum absolute atomic E-state index is 12.3. The molecule has 1 aromatic carbocycles. The van der Waals surface area contributed by atoms with Gasteiger partial charge < -0.3 is 15.0 Å². The lowest BCUT2D eigenvalue weighted by Gasteiger charge is -2.19. The summed E-state index contributed by atoms with van der Waals surface area (Å²) in [5.41, 5.74) is 1.83. The second-order valence-electron chi connectivity index (χ2n) is 6.71. The number of likely N-dealkylation sites (N-methyl/N-ethyl adjacent to an activating group) is 1. The number of carbonyl (C=O) groups excluding carboxylic acids is 2. The van der Waals surface area contributed by atoms with Crippen molar-refractivity contribution < 1.29 is 14.3 Å². The molecule has 27 heavy (non-hydrogen) atoms. The van der Waals surface area contributed by atoms with Gasteiger partial charge in [0.05, 0.1) is 19.7 Å². The van der Waals surface area contributed by atoms with Gasteiger partial charge in [0, 0.05) is 43.7 Å². The van der Waals surface area contributed by atoms with Crippen LogP contribution < -0.4 is 15.0 Å². The predicted octanol–water partition coefficient (Wildman–Crippen LogP) is 1.44. The molecule has 0 saturated carbocycles. The minimum atomic E-state index is -0.192. The summed E-state index contributed by atoms with van der Waals surface area (Å²) in [5.74, 6) is 0.605. The molecule has 2 aromatic rings. The summed E-state index contributed by atoms with van der Waals surface area (Å²) >= 11 is 0. The highest BCUT2D eigenvalue weighted by Crippen LogP contribution is 2.25. The van der Waals surface area contributed by atoms with E-state index in [9.17, 15) is 9.59 Å². The molecular weight excluding hydrogens is 344 g/mol. The first-order valence-corrected chi connectivity index (χ1v) is 8.86. The molecule has 1 aromatic heterocycles. The van der Waals surface area contributed by atoms with E-state index < -0.39 is 0 Å². The molecule has 1 fully saturated rings. The Balaban J connectivity index is 1.52. The molecule has 2 heterocycles. The number of nitrogens with one attached hydrogen (secondary N) is 1. The first kappa shape index (κ1) is 18.8. The number of benzene rings is 1. The molecule has 1 atom stereocenters. The van der Waals surface area contributed by atoms with E-state index in [4.69, 9.17) is 4.74 Å². The Labute approximate surface area is 158 Å². The average Bonchev–Trinajstić information content (AvgIpc) is 3.02. The summed E-state index contributed by atoms with van der Waals surface area (Å²) in [6.45, 7) is 1.36. The molecule has 7 nitrogen and oxygen atoms in total. The Kier molecular flexibility index (Phi) is 6.03. The van der Waals surface area contributed by atoms with E-state index in [1.54, 1.807) is 24.4 Å². The normalized spacial score (nSPS) is 16.6. The van der Waals surface area contributed by atoms with Gasteiger partial charge in [0.15, 0.2) is 0 Å². The number of methoxy groups -OCH3 is 1. The molecule has 0 radical (unpaired) electrons. The van der Waals surface area contributed by atoms with E-state index in [1.165, 1.54) is 0 Å². The van der Waals surface area contributed by atoms with E-state index in [0.29, 0.717) is 25.3 Å². The molecule has 2 amide bonds. The minimum Gasteiger partial charge on any atom is -0.497 e. The Morgan fingerprint density at radius 1 is 1.37 bits per heavy atom. The number of hydrogen-bond acceptors (Lipinski definition) is 5. The van der Waals surface area contributed by atoms with Crippen molar-refractivity contribution in [2.45, 2.75) is 19.0 Å². The molecular formula is C20H24N4O3. The zero-order chi connectivity index (χ0) is 19.2. The first-order chi connectivity index (χ1) is 13.0. The number of amides is 2. The monoisotopic (exact) mass is 368 g/mol. The van der Waals surface area contributed by atoms with Gasteiger partial charge in [0.25, 0.3) is 0 Å². The third-order valence-corrected chi connectivity index (χ3v) is 4.44. The van der Waals surface area contributed by atoms with Crippen LogP contribution in [0.4, 0.5) is 5.69 Å². The number of anilines is 1. The number of carbonyl (C=O) groups is 2. The maximum Gasteiger partial charge on any atom is 0.234 e. The largest absolute Gasteiger partial charge is 0.497 e. The number of rotatable bonds is 7. The van der Waals surface area contributed by atoms with Crippen LogP contribution in [0.5, 0.6) is 5.75 Å². The summed E-state index contributed by atoms with van der Waals surface area (Å²) in [6, 6.07) is 11.0. The predicted molar refractivity (Wildman–Crippen MR) is 102 cm³/mol. The van der Waals surface area contributed by atoms with Crippen molar-refractivity contribution in [1.82, 2.24) is 15.2 Å². The van der Waals surface area contributed by atoms with E-state index >= 15 is 0 Å². The van der Waals surface area contributed by atoms with Crippen molar-refractivity contribution in [2.24, 2.45) is 0 Å². The van der Waals surface area contributed by atoms with Crippen LogP contribution in [0, 0.1) is 0 Å². The molecule has 3 rings (SSSR count). The quantitative estimate of drug-likeness (QED) is 0.801. The summed E-state index contributed by atoms with van der Waals surface area (Å²) in [5, 5.41) is 2.96. The van der Waals surface area contributed by atoms with Crippen LogP contribution in [0.3, 0.4) is 0 Å². The molecule has 1 aliphatic rings. The van der Waals surface area contributed by atoms with Crippen LogP contribution in [-0.2, 0) is 16.1 Å². The lowest BCUT2D eigenvalue weighted by Crippen LogP contribution is -2.42. The number of nitrogens with zero attached hydrogens (tertiary/aromatic N) is 3. The zero-order valence-electron chi connectivity index (χ0n) is 15.6. The standard InChI is InChI=1S/C20H24N4O3/c1-23(12-15-5-4-8-21-11-15)14-19(25)22-16-9-20(26)24(13-16)17-6-3-7-18(10-17)27-2/h3-8,10-11,16H,9,12-14H2,1-2H3,(H,22,25)/t16-/m1/s1. The first-order valence-electron chi connectivity index (χ1n) is 8.86. The van der Waals surface area contributed by atoms with Crippen molar-refractivity contribution in [3.8, 4) is 5.75 Å². The molecule has 142 valence electrons. The van der Waals surface area contributed by atoms with Crippen molar-refractivity contribution in [2.75, 3.05) is 32.1 Å². The molecule has 1 saturated heterocycles. The van der Waals surface area contributed by atoms with Gasteiger partial charge in [-0.3, -0.25) is 19.5 Å².